The number of aliphatic hydroxyl groups excluding tert-OH is 1. The Kier molecular flexibility index (Phi) is 5.10. The van der Waals surface area contributed by atoms with Gasteiger partial charge in [-0.1, -0.05) is 0 Å². The molecule has 6 heteroatoms. The van der Waals surface area contributed by atoms with Gasteiger partial charge >= 0.3 is 11.9 Å². The Labute approximate surface area is 105 Å². The first kappa shape index (κ1) is 14.9. The predicted molar refractivity (Wildman–Crippen MR) is 62.0 cm³/mol. The summed E-state index contributed by atoms with van der Waals surface area (Å²) in [5.41, 5.74) is -1.01. The number of hydrogen-bond donors (Lipinski definition) is 4. The van der Waals surface area contributed by atoms with Crippen LogP contribution in [0.1, 0.15) is 44.9 Å². The number of aliphatic carboxylic acids is 2. The SMILES string of the molecule is O=C(O)CCCC(CCC(O)C1(O)CC1)C(=O)O. The van der Waals surface area contributed by atoms with E-state index in [0.717, 1.165) is 0 Å². The van der Waals surface area contributed by atoms with E-state index in [1.54, 1.807) is 0 Å². The molecular weight excluding hydrogens is 240 g/mol. The van der Waals surface area contributed by atoms with Crippen LogP contribution in [-0.4, -0.2) is 44.1 Å². The van der Waals surface area contributed by atoms with Gasteiger partial charge in [-0.25, -0.2) is 0 Å². The van der Waals surface area contributed by atoms with Gasteiger partial charge in [0, 0.05) is 6.42 Å². The Hall–Kier alpha value is -1.14. The molecule has 2 unspecified atom stereocenters. The molecule has 0 bridgehead atoms. The molecule has 1 aliphatic carbocycles. The largest absolute Gasteiger partial charge is 0.481 e. The third-order valence-corrected chi connectivity index (χ3v) is 3.46. The lowest BCUT2D eigenvalue weighted by atomic mass is 9.93. The molecular formula is C12H20O6. The first-order chi connectivity index (χ1) is 8.35. The van der Waals surface area contributed by atoms with Crippen molar-refractivity contribution in [3.8, 4) is 0 Å². The molecule has 6 nitrogen and oxygen atoms in total. The minimum Gasteiger partial charge on any atom is -0.481 e. The van der Waals surface area contributed by atoms with Gasteiger partial charge in [-0.15, -0.1) is 0 Å². The number of hydrogen-bond acceptors (Lipinski definition) is 4. The maximum Gasteiger partial charge on any atom is 0.306 e. The van der Waals surface area contributed by atoms with E-state index in [4.69, 9.17) is 10.2 Å². The monoisotopic (exact) mass is 260 g/mol. The molecule has 4 N–H and O–H groups in total. The van der Waals surface area contributed by atoms with Crippen molar-refractivity contribution < 1.29 is 30.0 Å². The van der Waals surface area contributed by atoms with Crippen molar-refractivity contribution in [2.45, 2.75) is 56.7 Å². The summed E-state index contributed by atoms with van der Waals surface area (Å²) in [7, 11) is 0. The Morgan fingerprint density at radius 3 is 2.17 bits per heavy atom. The molecule has 1 aliphatic rings. The van der Waals surface area contributed by atoms with Gasteiger partial charge in [0.25, 0.3) is 0 Å². The molecule has 0 aromatic rings. The molecule has 0 heterocycles. The topological polar surface area (TPSA) is 115 Å². The van der Waals surface area contributed by atoms with Gasteiger partial charge in [-0.05, 0) is 38.5 Å². The summed E-state index contributed by atoms with van der Waals surface area (Å²) in [4.78, 5) is 21.3. The lowest BCUT2D eigenvalue weighted by Crippen LogP contribution is -2.29. The molecule has 18 heavy (non-hydrogen) atoms. The maximum atomic E-state index is 11.0. The smallest absolute Gasteiger partial charge is 0.306 e. The lowest BCUT2D eigenvalue weighted by Gasteiger charge is -2.18. The van der Waals surface area contributed by atoms with Crippen LogP contribution >= 0.6 is 0 Å². The summed E-state index contributed by atoms with van der Waals surface area (Å²) < 4.78 is 0. The van der Waals surface area contributed by atoms with Gasteiger partial charge in [-0.3, -0.25) is 9.59 Å². The summed E-state index contributed by atoms with van der Waals surface area (Å²) in [5, 5.41) is 36.7. The zero-order chi connectivity index (χ0) is 13.8. The second-order valence-corrected chi connectivity index (χ2v) is 5.02. The molecule has 2 atom stereocenters. The summed E-state index contributed by atoms with van der Waals surface area (Å²) >= 11 is 0. The fraction of sp³-hybridized carbons (Fsp3) is 0.833. The van der Waals surface area contributed by atoms with Crippen molar-refractivity contribution in [1.29, 1.82) is 0 Å². The number of carbonyl (C=O) groups is 2. The molecule has 0 aromatic carbocycles. The average Bonchev–Trinajstić information content (AvgIpc) is 3.01. The van der Waals surface area contributed by atoms with Crippen molar-refractivity contribution in [3.63, 3.8) is 0 Å². The Morgan fingerprint density at radius 2 is 1.72 bits per heavy atom. The molecule has 1 saturated carbocycles. The average molecular weight is 260 g/mol. The van der Waals surface area contributed by atoms with E-state index in [9.17, 15) is 19.8 Å². The Morgan fingerprint density at radius 1 is 1.11 bits per heavy atom. The van der Waals surface area contributed by atoms with E-state index in [0.29, 0.717) is 19.3 Å². The summed E-state index contributed by atoms with van der Waals surface area (Å²) in [6.07, 6.45) is 1.30. The fourth-order valence-electron chi connectivity index (χ4n) is 1.98. The third-order valence-electron chi connectivity index (χ3n) is 3.46. The second-order valence-electron chi connectivity index (χ2n) is 5.02. The van der Waals surface area contributed by atoms with E-state index in [-0.39, 0.29) is 25.7 Å². The van der Waals surface area contributed by atoms with Crippen molar-refractivity contribution >= 4 is 11.9 Å². The number of carboxylic acid groups (broad SMARTS) is 2. The summed E-state index contributed by atoms with van der Waals surface area (Å²) in [5.74, 6) is -2.57. The molecule has 0 radical (unpaired) electrons. The third kappa shape index (κ3) is 4.62. The van der Waals surface area contributed by atoms with E-state index >= 15 is 0 Å². The number of rotatable bonds is 9. The van der Waals surface area contributed by atoms with Crippen LogP contribution < -0.4 is 0 Å². The molecule has 0 amide bonds. The predicted octanol–water partition coefficient (Wildman–Crippen LogP) is 0.608. The Bertz CT molecular complexity index is 310. The summed E-state index contributed by atoms with van der Waals surface area (Å²) in [6.45, 7) is 0. The first-order valence-electron chi connectivity index (χ1n) is 6.20. The van der Waals surface area contributed by atoms with Gasteiger partial charge < -0.3 is 20.4 Å². The molecule has 0 saturated heterocycles. The first-order valence-corrected chi connectivity index (χ1v) is 6.20. The van der Waals surface area contributed by atoms with Crippen LogP contribution in [0.2, 0.25) is 0 Å². The normalized spacial score (nSPS) is 20.1. The molecule has 1 rings (SSSR count). The maximum absolute atomic E-state index is 11.0. The minimum absolute atomic E-state index is 0.0454. The zero-order valence-electron chi connectivity index (χ0n) is 10.2. The zero-order valence-corrected chi connectivity index (χ0v) is 10.2. The molecule has 0 aromatic heterocycles. The second kappa shape index (κ2) is 6.15. The van der Waals surface area contributed by atoms with Gasteiger partial charge in [0.2, 0.25) is 0 Å². The van der Waals surface area contributed by atoms with Crippen LogP contribution in [0.15, 0.2) is 0 Å². The highest BCUT2D eigenvalue weighted by atomic mass is 16.4. The van der Waals surface area contributed by atoms with Crippen LogP contribution in [-0.2, 0) is 9.59 Å². The van der Waals surface area contributed by atoms with E-state index in [1.807, 2.05) is 0 Å². The van der Waals surface area contributed by atoms with E-state index in [1.165, 1.54) is 0 Å². The van der Waals surface area contributed by atoms with Crippen LogP contribution in [0.25, 0.3) is 0 Å². The molecule has 104 valence electrons. The number of carboxylic acids is 2. The van der Waals surface area contributed by atoms with Crippen molar-refractivity contribution in [3.05, 3.63) is 0 Å². The van der Waals surface area contributed by atoms with Gasteiger partial charge in [0.1, 0.15) is 0 Å². The quantitative estimate of drug-likeness (QED) is 0.483. The van der Waals surface area contributed by atoms with E-state index in [2.05, 4.69) is 0 Å². The van der Waals surface area contributed by atoms with E-state index < -0.39 is 29.6 Å². The fourth-order valence-corrected chi connectivity index (χ4v) is 1.98. The molecule has 1 fully saturated rings. The highest BCUT2D eigenvalue weighted by Gasteiger charge is 2.46. The van der Waals surface area contributed by atoms with Crippen LogP contribution in [0.4, 0.5) is 0 Å². The highest BCUT2D eigenvalue weighted by molar-refractivity contribution is 5.70. The molecule has 0 aliphatic heterocycles. The van der Waals surface area contributed by atoms with Crippen LogP contribution in [0.5, 0.6) is 0 Å². The lowest BCUT2D eigenvalue weighted by molar-refractivity contribution is -0.143. The Balaban J connectivity index is 2.29. The summed E-state index contributed by atoms with van der Waals surface area (Å²) in [6, 6.07) is 0. The van der Waals surface area contributed by atoms with Crippen LogP contribution in [0.3, 0.4) is 0 Å². The van der Waals surface area contributed by atoms with Gasteiger partial charge in [0.05, 0.1) is 17.6 Å². The van der Waals surface area contributed by atoms with Crippen molar-refractivity contribution in [2.24, 2.45) is 5.92 Å². The van der Waals surface area contributed by atoms with Crippen molar-refractivity contribution in [2.75, 3.05) is 0 Å². The minimum atomic E-state index is -1.01. The van der Waals surface area contributed by atoms with Crippen molar-refractivity contribution in [1.82, 2.24) is 0 Å². The highest BCUT2D eigenvalue weighted by Crippen LogP contribution is 2.40. The number of aliphatic hydroxyl groups is 2. The van der Waals surface area contributed by atoms with Gasteiger partial charge in [-0.2, -0.15) is 0 Å². The van der Waals surface area contributed by atoms with Crippen LogP contribution in [0, 0.1) is 5.92 Å². The standard InChI is InChI=1S/C12H20O6/c13-9(12(18)6-7-12)5-4-8(11(16)17)2-1-3-10(14)15/h8-9,13,18H,1-7H2,(H,14,15)(H,16,17). The molecule has 0 spiro atoms. The van der Waals surface area contributed by atoms with Gasteiger partial charge in [0.15, 0.2) is 0 Å².